The number of aliphatic carboxylic acids is 1. The van der Waals surface area contributed by atoms with E-state index in [1.165, 1.54) is 0 Å². The zero-order valence-electron chi connectivity index (χ0n) is 19.1. The van der Waals surface area contributed by atoms with Gasteiger partial charge in [0.2, 0.25) is 11.8 Å². The Kier molecular flexibility index (Phi) is 6.23. The number of carbonyl (C=O) groups is 1. The number of hydrogen-bond acceptors (Lipinski definition) is 5. The predicted octanol–water partition coefficient (Wildman–Crippen LogP) is 5.68. The number of carboxylic acid groups (broad SMARTS) is 1. The van der Waals surface area contributed by atoms with Crippen LogP contribution in [0.5, 0.6) is 0 Å². The van der Waals surface area contributed by atoms with Crippen molar-refractivity contribution < 1.29 is 14.3 Å². The first-order valence-corrected chi connectivity index (χ1v) is 11.6. The molecule has 0 unspecified atom stereocenters. The average Bonchev–Trinajstić information content (AvgIpc) is 3.35. The van der Waals surface area contributed by atoms with Gasteiger partial charge in [0.1, 0.15) is 0 Å². The molecule has 1 aliphatic heterocycles. The molecule has 0 radical (unpaired) electrons. The van der Waals surface area contributed by atoms with Crippen LogP contribution in [0.1, 0.15) is 24.0 Å². The Morgan fingerprint density at radius 3 is 2.53 bits per heavy atom. The van der Waals surface area contributed by atoms with Crippen LogP contribution in [0.15, 0.2) is 77.2 Å². The summed E-state index contributed by atoms with van der Waals surface area (Å²) in [6.45, 7) is 4.28. The predicted molar refractivity (Wildman–Crippen MR) is 131 cm³/mol. The van der Waals surface area contributed by atoms with Gasteiger partial charge in [0.25, 0.3) is 0 Å². The van der Waals surface area contributed by atoms with E-state index in [0.29, 0.717) is 24.9 Å². The summed E-state index contributed by atoms with van der Waals surface area (Å²) in [4.78, 5) is 13.6. The second kappa shape index (κ2) is 9.61. The second-order valence-corrected chi connectivity index (χ2v) is 8.87. The summed E-state index contributed by atoms with van der Waals surface area (Å²) in [7, 11) is 0. The molecule has 6 nitrogen and oxygen atoms in total. The van der Waals surface area contributed by atoms with Crippen LogP contribution in [-0.4, -0.2) is 39.3 Å². The number of carboxylic acids is 1. The maximum atomic E-state index is 11.4. The van der Waals surface area contributed by atoms with Crippen molar-refractivity contribution >= 4 is 5.97 Å². The molecule has 0 aliphatic carbocycles. The molecular formula is C28H27N3O3. The van der Waals surface area contributed by atoms with Crippen molar-refractivity contribution in [3.05, 3.63) is 83.9 Å². The second-order valence-electron chi connectivity index (χ2n) is 8.87. The van der Waals surface area contributed by atoms with Gasteiger partial charge in [-0.15, -0.1) is 10.2 Å². The molecule has 1 aliphatic rings. The molecule has 1 aromatic heterocycles. The van der Waals surface area contributed by atoms with Gasteiger partial charge in [-0.2, -0.15) is 0 Å². The molecule has 2 heterocycles. The summed E-state index contributed by atoms with van der Waals surface area (Å²) >= 11 is 0. The SMILES string of the molecule is Cc1c(-c2ccccc2)cccc1-c1nnc(-c2cccc(CN3CCC[C@@H](C(=O)O)C3)c2)o1. The van der Waals surface area contributed by atoms with Crippen LogP contribution in [0.3, 0.4) is 0 Å². The first-order valence-electron chi connectivity index (χ1n) is 11.6. The van der Waals surface area contributed by atoms with E-state index in [2.05, 4.69) is 52.4 Å². The van der Waals surface area contributed by atoms with Crippen LogP contribution in [0.25, 0.3) is 34.0 Å². The van der Waals surface area contributed by atoms with E-state index in [0.717, 1.165) is 52.8 Å². The maximum absolute atomic E-state index is 11.4. The lowest BCUT2D eigenvalue weighted by Crippen LogP contribution is -2.38. The van der Waals surface area contributed by atoms with Gasteiger partial charge in [-0.05, 0) is 66.8 Å². The Morgan fingerprint density at radius 2 is 1.71 bits per heavy atom. The fraction of sp³-hybridized carbons (Fsp3) is 0.250. The fourth-order valence-electron chi connectivity index (χ4n) is 4.71. The van der Waals surface area contributed by atoms with Crippen molar-refractivity contribution in [1.82, 2.24) is 15.1 Å². The largest absolute Gasteiger partial charge is 0.481 e. The Labute approximate surface area is 198 Å². The quantitative estimate of drug-likeness (QED) is 0.405. The summed E-state index contributed by atoms with van der Waals surface area (Å²) < 4.78 is 6.11. The Morgan fingerprint density at radius 1 is 0.971 bits per heavy atom. The topological polar surface area (TPSA) is 79.5 Å². The minimum atomic E-state index is -0.705. The molecular weight excluding hydrogens is 426 g/mol. The number of hydrogen-bond donors (Lipinski definition) is 1. The molecule has 0 bridgehead atoms. The van der Waals surface area contributed by atoms with Crippen LogP contribution in [-0.2, 0) is 11.3 Å². The van der Waals surface area contributed by atoms with E-state index in [-0.39, 0.29) is 5.92 Å². The summed E-state index contributed by atoms with van der Waals surface area (Å²) in [5.41, 5.74) is 6.27. The summed E-state index contributed by atoms with van der Waals surface area (Å²) in [6, 6.07) is 24.4. The van der Waals surface area contributed by atoms with Crippen molar-refractivity contribution in [2.75, 3.05) is 13.1 Å². The number of nitrogens with zero attached hydrogens (tertiary/aromatic N) is 3. The highest BCUT2D eigenvalue weighted by Gasteiger charge is 2.25. The van der Waals surface area contributed by atoms with E-state index in [4.69, 9.17) is 4.42 Å². The molecule has 1 saturated heterocycles. The maximum Gasteiger partial charge on any atom is 0.307 e. The Balaban J connectivity index is 1.37. The number of rotatable bonds is 6. The molecule has 4 aromatic rings. The van der Waals surface area contributed by atoms with Gasteiger partial charge in [0, 0.05) is 24.2 Å². The number of piperidine rings is 1. The normalized spacial score (nSPS) is 16.4. The van der Waals surface area contributed by atoms with Crippen molar-refractivity contribution in [3.8, 4) is 34.0 Å². The molecule has 0 saturated carbocycles. The Hall–Kier alpha value is -3.77. The number of aromatic nitrogens is 2. The molecule has 172 valence electrons. The van der Waals surface area contributed by atoms with Crippen molar-refractivity contribution in [2.45, 2.75) is 26.3 Å². The van der Waals surface area contributed by atoms with Gasteiger partial charge in [-0.1, -0.05) is 54.6 Å². The zero-order chi connectivity index (χ0) is 23.5. The molecule has 3 aromatic carbocycles. The van der Waals surface area contributed by atoms with Crippen molar-refractivity contribution in [1.29, 1.82) is 0 Å². The monoisotopic (exact) mass is 453 g/mol. The van der Waals surface area contributed by atoms with Gasteiger partial charge in [-0.25, -0.2) is 0 Å². The third-order valence-corrected chi connectivity index (χ3v) is 6.51. The van der Waals surface area contributed by atoms with E-state index in [9.17, 15) is 9.90 Å². The third-order valence-electron chi connectivity index (χ3n) is 6.51. The fourth-order valence-corrected chi connectivity index (χ4v) is 4.71. The van der Waals surface area contributed by atoms with Crippen molar-refractivity contribution in [2.24, 2.45) is 5.92 Å². The van der Waals surface area contributed by atoms with E-state index < -0.39 is 5.97 Å². The highest BCUT2D eigenvalue weighted by molar-refractivity contribution is 5.75. The molecule has 6 heteroatoms. The Bertz CT molecular complexity index is 1300. The van der Waals surface area contributed by atoms with Crippen LogP contribution in [0.4, 0.5) is 0 Å². The highest BCUT2D eigenvalue weighted by Crippen LogP contribution is 2.32. The van der Waals surface area contributed by atoms with Gasteiger partial charge in [0.05, 0.1) is 5.92 Å². The number of likely N-dealkylation sites (tertiary alicyclic amines) is 1. The third kappa shape index (κ3) is 4.63. The molecule has 0 spiro atoms. The molecule has 1 fully saturated rings. The van der Waals surface area contributed by atoms with E-state index in [1.807, 2.05) is 42.5 Å². The van der Waals surface area contributed by atoms with Crippen LogP contribution >= 0.6 is 0 Å². The summed E-state index contributed by atoms with van der Waals surface area (Å²) in [6.07, 6.45) is 1.66. The van der Waals surface area contributed by atoms with Gasteiger partial charge < -0.3 is 9.52 Å². The summed E-state index contributed by atoms with van der Waals surface area (Å²) in [5.74, 6) is -0.0202. The van der Waals surface area contributed by atoms with Crippen LogP contribution < -0.4 is 0 Å². The van der Waals surface area contributed by atoms with Gasteiger partial charge in [-0.3, -0.25) is 9.69 Å². The highest BCUT2D eigenvalue weighted by atomic mass is 16.4. The first kappa shape index (κ1) is 22.0. The van der Waals surface area contributed by atoms with Gasteiger partial charge in [0.15, 0.2) is 0 Å². The van der Waals surface area contributed by atoms with Crippen LogP contribution in [0.2, 0.25) is 0 Å². The zero-order valence-corrected chi connectivity index (χ0v) is 19.1. The van der Waals surface area contributed by atoms with E-state index >= 15 is 0 Å². The lowest BCUT2D eigenvalue weighted by Gasteiger charge is -2.30. The lowest BCUT2D eigenvalue weighted by atomic mass is 9.96. The minimum absolute atomic E-state index is 0.287. The molecule has 34 heavy (non-hydrogen) atoms. The molecule has 1 N–H and O–H groups in total. The number of benzene rings is 3. The molecule has 0 amide bonds. The van der Waals surface area contributed by atoms with Crippen molar-refractivity contribution in [3.63, 3.8) is 0 Å². The van der Waals surface area contributed by atoms with E-state index in [1.54, 1.807) is 0 Å². The molecule has 5 rings (SSSR count). The molecule has 1 atom stereocenters. The first-order chi connectivity index (χ1) is 16.6. The van der Waals surface area contributed by atoms with Crippen LogP contribution in [0, 0.1) is 12.8 Å². The lowest BCUT2D eigenvalue weighted by molar-refractivity contribution is -0.143. The summed E-state index contributed by atoms with van der Waals surface area (Å²) in [5, 5.41) is 18.0. The smallest absolute Gasteiger partial charge is 0.307 e. The minimum Gasteiger partial charge on any atom is -0.481 e. The standard InChI is InChI=1S/C28H27N3O3/c1-19-24(21-9-3-2-4-10-21)13-6-14-25(19)27-30-29-26(34-27)22-11-5-8-20(16-22)17-31-15-7-12-23(18-31)28(32)33/h2-6,8-11,13-14,16,23H,7,12,15,17-18H2,1H3,(H,32,33)/t23-/m1/s1. The van der Waals surface area contributed by atoms with Gasteiger partial charge >= 0.3 is 5.97 Å². The average molecular weight is 454 g/mol.